The van der Waals surface area contributed by atoms with Gasteiger partial charge in [0.15, 0.2) is 0 Å². The van der Waals surface area contributed by atoms with E-state index in [-0.39, 0.29) is 0 Å². The molecule has 19 heavy (non-hydrogen) atoms. The van der Waals surface area contributed by atoms with E-state index in [1.807, 2.05) is 31.3 Å². The number of aromatic nitrogens is 2. The summed E-state index contributed by atoms with van der Waals surface area (Å²) in [6.45, 7) is 6.87. The first-order valence-corrected chi connectivity index (χ1v) is 6.81. The van der Waals surface area contributed by atoms with E-state index < -0.39 is 6.10 Å². The van der Waals surface area contributed by atoms with Crippen molar-refractivity contribution < 1.29 is 5.11 Å². The molecule has 3 nitrogen and oxygen atoms in total. The molecule has 2 aromatic rings. The van der Waals surface area contributed by atoms with Gasteiger partial charge in [-0.1, -0.05) is 38.1 Å². The van der Waals surface area contributed by atoms with Crippen LogP contribution in [-0.4, -0.2) is 14.9 Å². The lowest BCUT2D eigenvalue weighted by molar-refractivity contribution is 0.151. The molecule has 0 saturated heterocycles. The Labute approximate surface area is 114 Å². The van der Waals surface area contributed by atoms with Crippen LogP contribution < -0.4 is 0 Å². The molecule has 0 fully saturated rings. The number of nitrogens with zero attached hydrogens (tertiary/aromatic N) is 2. The molecular formula is C16H22N2O. The van der Waals surface area contributed by atoms with Crippen LogP contribution in [0.25, 0.3) is 0 Å². The highest BCUT2D eigenvalue weighted by Crippen LogP contribution is 2.17. The number of hydrogen-bond donors (Lipinski definition) is 1. The van der Waals surface area contributed by atoms with Gasteiger partial charge in [0.1, 0.15) is 0 Å². The molecule has 0 radical (unpaired) electrons. The zero-order chi connectivity index (χ0) is 13.8. The van der Waals surface area contributed by atoms with Crippen molar-refractivity contribution in [2.45, 2.75) is 39.8 Å². The van der Waals surface area contributed by atoms with Crippen LogP contribution in [0.5, 0.6) is 0 Å². The number of aliphatic hydroxyl groups is 1. The molecule has 0 spiro atoms. The number of aryl methyl sites for hydroxylation is 1. The first-order valence-electron chi connectivity index (χ1n) is 6.81. The summed E-state index contributed by atoms with van der Waals surface area (Å²) in [5.41, 5.74) is 3.24. The maximum atomic E-state index is 10.2. The van der Waals surface area contributed by atoms with E-state index in [0.717, 1.165) is 17.7 Å². The lowest BCUT2D eigenvalue weighted by Gasteiger charge is -2.12. The Balaban J connectivity index is 2.01. The van der Waals surface area contributed by atoms with Crippen molar-refractivity contribution in [2.75, 3.05) is 0 Å². The van der Waals surface area contributed by atoms with Gasteiger partial charge in [0.25, 0.3) is 0 Å². The molecular weight excluding hydrogens is 236 g/mol. The van der Waals surface area contributed by atoms with Crippen LogP contribution in [0, 0.1) is 12.8 Å². The van der Waals surface area contributed by atoms with Gasteiger partial charge in [0, 0.05) is 6.20 Å². The van der Waals surface area contributed by atoms with E-state index in [2.05, 4.69) is 31.1 Å². The van der Waals surface area contributed by atoms with E-state index in [1.165, 1.54) is 5.56 Å². The highest BCUT2D eigenvalue weighted by molar-refractivity contribution is 5.24. The summed E-state index contributed by atoms with van der Waals surface area (Å²) >= 11 is 0. The minimum atomic E-state index is -0.507. The molecule has 0 aliphatic carbocycles. The minimum Gasteiger partial charge on any atom is -0.386 e. The Hall–Kier alpha value is -1.61. The second kappa shape index (κ2) is 6.02. The standard InChI is InChI=1S/C16H22N2O/c1-12(2)10-14-4-6-15(7-5-14)16(19)11-18-9-8-13(3)17-18/h4-9,12,16,19H,10-11H2,1-3H3. The molecule has 1 atom stereocenters. The monoisotopic (exact) mass is 258 g/mol. The SMILES string of the molecule is Cc1ccn(CC(O)c2ccc(CC(C)C)cc2)n1. The molecule has 1 aromatic carbocycles. The summed E-state index contributed by atoms with van der Waals surface area (Å²) in [6, 6.07) is 10.2. The number of hydrogen-bond acceptors (Lipinski definition) is 2. The predicted molar refractivity (Wildman–Crippen MR) is 76.9 cm³/mol. The summed E-state index contributed by atoms with van der Waals surface area (Å²) in [5, 5.41) is 14.5. The van der Waals surface area contributed by atoms with Crippen molar-refractivity contribution >= 4 is 0 Å². The van der Waals surface area contributed by atoms with Gasteiger partial charge < -0.3 is 5.11 Å². The van der Waals surface area contributed by atoms with Gasteiger partial charge in [-0.3, -0.25) is 4.68 Å². The van der Waals surface area contributed by atoms with E-state index in [1.54, 1.807) is 4.68 Å². The number of benzene rings is 1. The van der Waals surface area contributed by atoms with Gasteiger partial charge in [0.2, 0.25) is 0 Å². The molecule has 0 saturated carbocycles. The zero-order valence-corrected chi connectivity index (χ0v) is 11.9. The Bertz CT molecular complexity index is 514. The van der Waals surface area contributed by atoms with E-state index in [4.69, 9.17) is 0 Å². The zero-order valence-electron chi connectivity index (χ0n) is 11.9. The van der Waals surface area contributed by atoms with E-state index >= 15 is 0 Å². The summed E-state index contributed by atoms with van der Waals surface area (Å²) in [5.74, 6) is 0.655. The molecule has 2 rings (SSSR count). The summed E-state index contributed by atoms with van der Waals surface area (Å²) in [6.07, 6.45) is 2.47. The molecule has 1 N–H and O–H groups in total. The molecule has 102 valence electrons. The van der Waals surface area contributed by atoms with Crippen LogP contribution in [0.15, 0.2) is 36.5 Å². The summed E-state index contributed by atoms with van der Waals surface area (Å²) in [4.78, 5) is 0. The van der Waals surface area contributed by atoms with Gasteiger partial charge in [-0.25, -0.2) is 0 Å². The van der Waals surface area contributed by atoms with E-state index in [0.29, 0.717) is 12.5 Å². The Morgan fingerprint density at radius 1 is 1.16 bits per heavy atom. The maximum Gasteiger partial charge on any atom is 0.0985 e. The Morgan fingerprint density at radius 3 is 2.37 bits per heavy atom. The van der Waals surface area contributed by atoms with Crippen LogP contribution in [-0.2, 0) is 13.0 Å². The molecule has 1 unspecified atom stereocenters. The highest BCUT2D eigenvalue weighted by atomic mass is 16.3. The Kier molecular flexibility index (Phi) is 4.38. The summed E-state index contributed by atoms with van der Waals surface area (Å²) in [7, 11) is 0. The number of aliphatic hydroxyl groups excluding tert-OH is 1. The predicted octanol–water partition coefficient (Wildman–Crippen LogP) is 3.12. The third-order valence-corrected chi connectivity index (χ3v) is 3.14. The van der Waals surface area contributed by atoms with E-state index in [9.17, 15) is 5.11 Å². The quantitative estimate of drug-likeness (QED) is 0.894. The van der Waals surface area contributed by atoms with Crippen molar-refractivity contribution in [1.82, 2.24) is 9.78 Å². The lowest BCUT2D eigenvalue weighted by atomic mass is 10.0. The molecule has 0 aliphatic heterocycles. The molecule has 0 aliphatic rings. The average molecular weight is 258 g/mol. The highest BCUT2D eigenvalue weighted by Gasteiger charge is 2.09. The van der Waals surface area contributed by atoms with Gasteiger partial charge in [0.05, 0.1) is 18.3 Å². The Morgan fingerprint density at radius 2 is 1.84 bits per heavy atom. The summed E-state index contributed by atoms with van der Waals surface area (Å²) < 4.78 is 1.78. The fraction of sp³-hybridized carbons (Fsp3) is 0.438. The second-order valence-corrected chi connectivity index (χ2v) is 5.53. The molecule has 1 aromatic heterocycles. The van der Waals surface area contributed by atoms with Crippen molar-refractivity contribution in [2.24, 2.45) is 5.92 Å². The van der Waals surface area contributed by atoms with Gasteiger partial charge in [-0.2, -0.15) is 5.10 Å². The lowest BCUT2D eigenvalue weighted by Crippen LogP contribution is -2.09. The van der Waals surface area contributed by atoms with Crippen molar-refractivity contribution in [3.05, 3.63) is 53.3 Å². The topological polar surface area (TPSA) is 38.0 Å². The molecule has 0 bridgehead atoms. The average Bonchev–Trinajstić information content (AvgIpc) is 2.75. The van der Waals surface area contributed by atoms with Gasteiger partial charge >= 0.3 is 0 Å². The first-order chi connectivity index (χ1) is 9.04. The first kappa shape index (κ1) is 13.8. The van der Waals surface area contributed by atoms with Crippen molar-refractivity contribution in [1.29, 1.82) is 0 Å². The fourth-order valence-corrected chi connectivity index (χ4v) is 2.19. The largest absolute Gasteiger partial charge is 0.386 e. The molecule has 1 heterocycles. The van der Waals surface area contributed by atoms with Crippen molar-refractivity contribution in [3.8, 4) is 0 Å². The van der Waals surface area contributed by atoms with Crippen molar-refractivity contribution in [3.63, 3.8) is 0 Å². The van der Waals surface area contributed by atoms with Crippen LogP contribution in [0.3, 0.4) is 0 Å². The maximum absolute atomic E-state index is 10.2. The minimum absolute atomic E-state index is 0.497. The smallest absolute Gasteiger partial charge is 0.0985 e. The van der Waals surface area contributed by atoms with Gasteiger partial charge in [-0.05, 0) is 36.5 Å². The molecule has 3 heteroatoms. The van der Waals surface area contributed by atoms with Crippen LogP contribution in [0.2, 0.25) is 0 Å². The second-order valence-electron chi connectivity index (χ2n) is 5.53. The van der Waals surface area contributed by atoms with Gasteiger partial charge in [-0.15, -0.1) is 0 Å². The third kappa shape index (κ3) is 3.93. The van der Waals surface area contributed by atoms with Crippen LogP contribution in [0.1, 0.15) is 36.8 Å². The third-order valence-electron chi connectivity index (χ3n) is 3.14. The normalized spacial score (nSPS) is 12.9. The van der Waals surface area contributed by atoms with Crippen LogP contribution >= 0.6 is 0 Å². The molecule has 0 amide bonds. The fourth-order valence-electron chi connectivity index (χ4n) is 2.19. The number of rotatable bonds is 5. The van der Waals surface area contributed by atoms with Crippen LogP contribution in [0.4, 0.5) is 0 Å².